The summed E-state index contributed by atoms with van der Waals surface area (Å²) in [6.07, 6.45) is 3.22. The molecule has 3 rings (SSSR count). The van der Waals surface area contributed by atoms with E-state index < -0.39 is 0 Å². The van der Waals surface area contributed by atoms with Gasteiger partial charge in [0.2, 0.25) is 0 Å². The van der Waals surface area contributed by atoms with E-state index in [1.54, 1.807) is 6.33 Å². The van der Waals surface area contributed by atoms with Gasteiger partial charge in [-0.05, 0) is 0 Å². The molecule has 90 valence electrons. The fraction of sp³-hybridized carbons (Fsp3) is 0.500. The zero-order chi connectivity index (χ0) is 11.7. The quantitative estimate of drug-likeness (QED) is 0.768. The van der Waals surface area contributed by atoms with Crippen molar-refractivity contribution in [2.45, 2.75) is 6.67 Å². The van der Waals surface area contributed by atoms with Gasteiger partial charge < -0.3 is 15.0 Å². The number of nitrogens with two attached hydrogens (primary N) is 1. The molecule has 0 spiro atoms. The summed E-state index contributed by atoms with van der Waals surface area (Å²) in [6.45, 7) is 4.18. The monoisotopic (exact) mass is 234 g/mol. The number of anilines is 1. The van der Waals surface area contributed by atoms with Crippen LogP contribution in [0.15, 0.2) is 12.7 Å². The van der Waals surface area contributed by atoms with E-state index >= 15 is 0 Å². The SMILES string of the molecule is Nc1ncnc2c1ncn2CN1CCOCC1. The predicted octanol–water partition coefficient (Wildman–Crippen LogP) is -0.302. The highest BCUT2D eigenvalue weighted by Gasteiger charge is 2.13. The summed E-state index contributed by atoms with van der Waals surface area (Å²) in [5, 5.41) is 0. The van der Waals surface area contributed by atoms with Crippen LogP contribution in [0.25, 0.3) is 11.2 Å². The van der Waals surface area contributed by atoms with Crippen molar-refractivity contribution in [3.8, 4) is 0 Å². The van der Waals surface area contributed by atoms with E-state index in [1.807, 2.05) is 4.57 Å². The van der Waals surface area contributed by atoms with Crippen molar-refractivity contribution in [3.05, 3.63) is 12.7 Å². The van der Waals surface area contributed by atoms with E-state index in [4.69, 9.17) is 10.5 Å². The molecule has 0 radical (unpaired) electrons. The number of nitrogens with zero attached hydrogens (tertiary/aromatic N) is 5. The second kappa shape index (κ2) is 4.27. The fourth-order valence-electron chi connectivity index (χ4n) is 1.96. The summed E-state index contributed by atoms with van der Waals surface area (Å²) >= 11 is 0. The van der Waals surface area contributed by atoms with Crippen LogP contribution in [0, 0.1) is 0 Å². The third-order valence-corrected chi connectivity index (χ3v) is 2.89. The maximum absolute atomic E-state index is 5.74. The van der Waals surface area contributed by atoms with Crippen LogP contribution in [0.2, 0.25) is 0 Å². The number of ether oxygens (including phenoxy) is 1. The molecule has 2 N–H and O–H groups in total. The molecule has 7 nitrogen and oxygen atoms in total. The first-order valence-electron chi connectivity index (χ1n) is 5.56. The van der Waals surface area contributed by atoms with Gasteiger partial charge >= 0.3 is 0 Å². The summed E-state index contributed by atoms with van der Waals surface area (Å²) in [4.78, 5) is 14.7. The Labute approximate surface area is 98.2 Å². The standard InChI is InChI=1S/C10H14N6O/c11-9-8-10(13-5-12-9)16(6-14-8)7-15-1-3-17-4-2-15/h5-6H,1-4,7H2,(H2,11,12,13). The van der Waals surface area contributed by atoms with Crippen molar-refractivity contribution in [3.63, 3.8) is 0 Å². The number of fused-ring (bicyclic) bond motifs is 1. The van der Waals surface area contributed by atoms with Gasteiger partial charge in [-0.3, -0.25) is 4.90 Å². The minimum absolute atomic E-state index is 0.427. The van der Waals surface area contributed by atoms with E-state index in [1.165, 1.54) is 6.33 Å². The van der Waals surface area contributed by atoms with E-state index in [0.717, 1.165) is 38.6 Å². The van der Waals surface area contributed by atoms with Crippen LogP contribution in [-0.4, -0.2) is 50.7 Å². The Morgan fingerprint density at radius 1 is 1.24 bits per heavy atom. The zero-order valence-corrected chi connectivity index (χ0v) is 9.41. The van der Waals surface area contributed by atoms with Crippen molar-refractivity contribution in [2.75, 3.05) is 32.0 Å². The van der Waals surface area contributed by atoms with Crippen molar-refractivity contribution in [2.24, 2.45) is 0 Å². The minimum Gasteiger partial charge on any atom is -0.382 e. The molecule has 0 bridgehead atoms. The van der Waals surface area contributed by atoms with Crippen molar-refractivity contribution >= 4 is 17.0 Å². The zero-order valence-electron chi connectivity index (χ0n) is 9.41. The first-order valence-corrected chi connectivity index (χ1v) is 5.56. The molecule has 0 atom stereocenters. The van der Waals surface area contributed by atoms with Gasteiger partial charge in [0.05, 0.1) is 26.2 Å². The highest BCUT2D eigenvalue weighted by atomic mass is 16.5. The average molecular weight is 234 g/mol. The lowest BCUT2D eigenvalue weighted by atomic mass is 10.4. The van der Waals surface area contributed by atoms with E-state index in [0.29, 0.717) is 11.3 Å². The number of aromatic nitrogens is 4. The Kier molecular flexibility index (Phi) is 2.62. The number of rotatable bonds is 2. The molecule has 1 fully saturated rings. The van der Waals surface area contributed by atoms with E-state index in [9.17, 15) is 0 Å². The number of hydrogen-bond acceptors (Lipinski definition) is 6. The lowest BCUT2D eigenvalue weighted by Gasteiger charge is -2.26. The summed E-state index contributed by atoms with van der Waals surface area (Å²) in [5.74, 6) is 0.427. The van der Waals surface area contributed by atoms with E-state index in [-0.39, 0.29) is 0 Å². The Hall–Kier alpha value is -1.73. The summed E-state index contributed by atoms with van der Waals surface area (Å²) in [7, 11) is 0. The third-order valence-electron chi connectivity index (χ3n) is 2.89. The highest BCUT2D eigenvalue weighted by Crippen LogP contribution is 2.14. The first kappa shape index (κ1) is 10.4. The second-order valence-electron chi connectivity index (χ2n) is 4.02. The molecular weight excluding hydrogens is 220 g/mol. The fourth-order valence-corrected chi connectivity index (χ4v) is 1.96. The van der Waals surface area contributed by atoms with Crippen molar-refractivity contribution in [1.29, 1.82) is 0 Å². The summed E-state index contributed by atoms with van der Waals surface area (Å²) in [5.41, 5.74) is 7.19. The summed E-state index contributed by atoms with van der Waals surface area (Å²) < 4.78 is 7.30. The smallest absolute Gasteiger partial charge is 0.166 e. The van der Waals surface area contributed by atoms with Gasteiger partial charge in [0.15, 0.2) is 11.5 Å². The maximum Gasteiger partial charge on any atom is 0.166 e. The lowest BCUT2D eigenvalue weighted by Crippen LogP contribution is -2.37. The molecule has 0 saturated carbocycles. The number of nitrogen functional groups attached to an aromatic ring is 1. The Morgan fingerprint density at radius 2 is 2.06 bits per heavy atom. The number of hydrogen-bond donors (Lipinski definition) is 1. The predicted molar refractivity (Wildman–Crippen MR) is 62.1 cm³/mol. The van der Waals surface area contributed by atoms with Crippen LogP contribution in [0.3, 0.4) is 0 Å². The molecule has 0 aliphatic carbocycles. The van der Waals surface area contributed by atoms with Crippen molar-refractivity contribution < 1.29 is 4.74 Å². The van der Waals surface area contributed by atoms with Crippen LogP contribution in [0.5, 0.6) is 0 Å². The van der Waals surface area contributed by atoms with Crippen LogP contribution in [0.4, 0.5) is 5.82 Å². The van der Waals surface area contributed by atoms with Gasteiger partial charge in [0.1, 0.15) is 11.8 Å². The number of morpholine rings is 1. The molecule has 7 heteroatoms. The molecule has 2 aromatic rings. The van der Waals surface area contributed by atoms with Crippen LogP contribution in [0.1, 0.15) is 0 Å². The average Bonchev–Trinajstić information content (AvgIpc) is 2.76. The van der Waals surface area contributed by atoms with Crippen LogP contribution >= 0.6 is 0 Å². The molecular formula is C10H14N6O. The Balaban J connectivity index is 1.87. The molecule has 0 aromatic carbocycles. The molecule has 2 aromatic heterocycles. The Morgan fingerprint density at radius 3 is 2.88 bits per heavy atom. The first-order chi connectivity index (χ1) is 8.34. The topological polar surface area (TPSA) is 82.1 Å². The van der Waals surface area contributed by atoms with Gasteiger partial charge in [-0.2, -0.15) is 0 Å². The highest BCUT2D eigenvalue weighted by molar-refractivity contribution is 5.80. The van der Waals surface area contributed by atoms with Crippen LogP contribution < -0.4 is 5.73 Å². The van der Waals surface area contributed by atoms with Gasteiger partial charge in [-0.25, -0.2) is 15.0 Å². The van der Waals surface area contributed by atoms with E-state index in [2.05, 4.69) is 19.9 Å². The van der Waals surface area contributed by atoms with Crippen LogP contribution in [-0.2, 0) is 11.4 Å². The second-order valence-corrected chi connectivity index (χ2v) is 4.02. The van der Waals surface area contributed by atoms with Gasteiger partial charge in [-0.1, -0.05) is 0 Å². The number of imidazole rings is 1. The lowest BCUT2D eigenvalue weighted by molar-refractivity contribution is 0.0240. The maximum atomic E-state index is 5.74. The normalized spacial score (nSPS) is 17.6. The largest absolute Gasteiger partial charge is 0.382 e. The molecule has 0 unspecified atom stereocenters. The van der Waals surface area contributed by atoms with Gasteiger partial charge in [0, 0.05) is 13.1 Å². The molecule has 17 heavy (non-hydrogen) atoms. The van der Waals surface area contributed by atoms with Crippen molar-refractivity contribution in [1.82, 2.24) is 24.4 Å². The summed E-state index contributed by atoms with van der Waals surface area (Å²) in [6, 6.07) is 0. The molecule has 0 amide bonds. The minimum atomic E-state index is 0.427. The molecule has 1 aliphatic heterocycles. The van der Waals surface area contributed by atoms with Gasteiger partial charge in [0.25, 0.3) is 0 Å². The Bertz CT molecular complexity index is 518. The third kappa shape index (κ3) is 1.94. The van der Waals surface area contributed by atoms with Gasteiger partial charge in [-0.15, -0.1) is 0 Å². The molecule has 1 saturated heterocycles. The molecule has 3 heterocycles. The molecule has 1 aliphatic rings.